The number of thioether (sulfide) groups is 1. The van der Waals surface area contributed by atoms with Gasteiger partial charge >= 0.3 is 0 Å². The molecule has 0 aliphatic rings. The molecule has 17 heavy (non-hydrogen) atoms. The quantitative estimate of drug-likeness (QED) is 0.869. The second-order valence-corrected chi connectivity index (χ2v) is 4.92. The van der Waals surface area contributed by atoms with Crippen molar-refractivity contribution in [2.45, 2.75) is 12.5 Å². The lowest BCUT2D eigenvalue weighted by Crippen LogP contribution is -2.36. The number of rotatable bonds is 5. The average molecular weight is 277 g/mol. The number of halogens is 2. The van der Waals surface area contributed by atoms with Crippen molar-refractivity contribution in [2.24, 2.45) is 5.73 Å². The van der Waals surface area contributed by atoms with Gasteiger partial charge in [0.1, 0.15) is 5.82 Å². The van der Waals surface area contributed by atoms with Crippen LogP contribution >= 0.6 is 23.4 Å². The number of nitrogens with one attached hydrogen (secondary N) is 1. The number of amides is 1. The summed E-state index contributed by atoms with van der Waals surface area (Å²) in [6, 6.07) is 3.34. The molecule has 1 rings (SSSR count). The highest BCUT2D eigenvalue weighted by Crippen LogP contribution is 2.19. The maximum Gasteiger partial charge on any atom is 0.241 e. The van der Waals surface area contributed by atoms with Crippen LogP contribution in [0.4, 0.5) is 10.1 Å². The Bertz CT molecular complexity index is 403. The van der Waals surface area contributed by atoms with E-state index >= 15 is 0 Å². The van der Waals surface area contributed by atoms with Gasteiger partial charge in [0.25, 0.3) is 0 Å². The summed E-state index contributed by atoms with van der Waals surface area (Å²) in [5, 5.41) is 2.79. The van der Waals surface area contributed by atoms with Gasteiger partial charge in [0.2, 0.25) is 5.91 Å². The van der Waals surface area contributed by atoms with Crippen LogP contribution in [0.3, 0.4) is 0 Å². The molecule has 1 aromatic carbocycles. The highest BCUT2D eigenvalue weighted by molar-refractivity contribution is 7.98. The minimum atomic E-state index is -0.638. The van der Waals surface area contributed by atoms with Crippen LogP contribution in [0.2, 0.25) is 5.02 Å². The smallest absolute Gasteiger partial charge is 0.241 e. The fourth-order valence-electron chi connectivity index (χ4n) is 1.19. The number of carbonyl (C=O) groups is 1. The summed E-state index contributed by atoms with van der Waals surface area (Å²) >= 11 is 7.31. The fourth-order valence-corrected chi connectivity index (χ4v) is 1.86. The summed E-state index contributed by atoms with van der Waals surface area (Å²) in [5.41, 5.74) is 5.72. The monoisotopic (exact) mass is 276 g/mol. The maximum atomic E-state index is 13.3. The van der Waals surface area contributed by atoms with Gasteiger partial charge in [0.15, 0.2) is 0 Å². The van der Waals surface area contributed by atoms with Crippen molar-refractivity contribution in [1.82, 2.24) is 0 Å². The van der Waals surface area contributed by atoms with Crippen molar-refractivity contribution in [3.63, 3.8) is 0 Å². The van der Waals surface area contributed by atoms with E-state index in [1.807, 2.05) is 6.26 Å². The van der Waals surface area contributed by atoms with E-state index in [9.17, 15) is 9.18 Å². The van der Waals surface area contributed by atoms with Crippen molar-refractivity contribution in [3.05, 3.63) is 29.0 Å². The number of hydrogen-bond acceptors (Lipinski definition) is 3. The van der Waals surface area contributed by atoms with Gasteiger partial charge in [0.05, 0.1) is 11.7 Å². The molecular weight excluding hydrogens is 263 g/mol. The first-order chi connectivity index (χ1) is 8.04. The SMILES string of the molecule is CSCC[C@H](N)C(=O)Nc1cc(Cl)ccc1F. The van der Waals surface area contributed by atoms with E-state index in [-0.39, 0.29) is 5.69 Å². The van der Waals surface area contributed by atoms with Gasteiger partial charge in [-0.2, -0.15) is 11.8 Å². The summed E-state index contributed by atoms with van der Waals surface area (Å²) < 4.78 is 13.3. The Kier molecular flexibility index (Phi) is 5.74. The molecule has 1 amide bonds. The normalized spacial score (nSPS) is 12.2. The fraction of sp³-hybridized carbons (Fsp3) is 0.364. The highest BCUT2D eigenvalue weighted by atomic mass is 35.5. The van der Waals surface area contributed by atoms with E-state index < -0.39 is 17.8 Å². The Balaban J connectivity index is 2.64. The zero-order chi connectivity index (χ0) is 12.8. The molecule has 0 heterocycles. The molecular formula is C11H14ClFN2OS. The molecule has 3 N–H and O–H groups in total. The summed E-state index contributed by atoms with van der Waals surface area (Å²) in [7, 11) is 0. The molecule has 0 spiro atoms. The standard InChI is InChI=1S/C11H14ClFN2OS/c1-17-5-4-9(14)11(16)15-10-6-7(12)2-3-8(10)13/h2-3,6,9H,4-5,14H2,1H3,(H,15,16)/t9-/m0/s1. The van der Waals surface area contributed by atoms with Crippen molar-refractivity contribution in [1.29, 1.82) is 0 Å². The second-order valence-electron chi connectivity index (χ2n) is 3.50. The molecule has 1 atom stereocenters. The zero-order valence-corrected chi connectivity index (χ0v) is 10.9. The van der Waals surface area contributed by atoms with Crippen LogP contribution in [0.1, 0.15) is 6.42 Å². The molecule has 0 fully saturated rings. The average Bonchev–Trinajstić information content (AvgIpc) is 2.30. The Hall–Kier alpha value is -0.780. The van der Waals surface area contributed by atoms with Crippen LogP contribution in [-0.2, 0) is 4.79 Å². The molecule has 0 bridgehead atoms. The van der Waals surface area contributed by atoms with Crippen molar-refractivity contribution >= 4 is 35.0 Å². The maximum absolute atomic E-state index is 13.3. The number of hydrogen-bond donors (Lipinski definition) is 2. The van der Waals surface area contributed by atoms with Gasteiger partial charge in [-0.15, -0.1) is 0 Å². The van der Waals surface area contributed by atoms with Gasteiger partial charge in [-0.05, 0) is 36.6 Å². The molecule has 0 aromatic heterocycles. The van der Waals surface area contributed by atoms with E-state index in [0.29, 0.717) is 11.4 Å². The Labute approximate surface area is 109 Å². The van der Waals surface area contributed by atoms with Crippen LogP contribution in [0.5, 0.6) is 0 Å². The van der Waals surface area contributed by atoms with Crippen LogP contribution in [0.25, 0.3) is 0 Å². The van der Waals surface area contributed by atoms with E-state index in [0.717, 1.165) is 5.75 Å². The Morgan fingerprint density at radius 2 is 2.35 bits per heavy atom. The molecule has 0 saturated heterocycles. The lowest BCUT2D eigenvalue weighted by molar-refractivity contribution is -0.117. The van der Waals surface area contributed by atoms with Gasteiger partial charge in [-0.25, -0.2) is 4.39 Å². The van der Waals surface area contributed by atoms with E-state index in [2.05, 4.69) is 5.32 Å². The molecule has 0 aliphatic heterocycles. The van der Waals surface area contributed by atoms with Crippen LogP contribution in [0, 0.1) is 5.82 Å². The topological polar surface area (TPSA) is 55.1 Å². The van der Waals surface area contributed by atoms with Crippen molar-refractivity contribution in [2.75, 3.05) is 17.3 Å². The number of benzene rings is 1. The third-order valence-electron chi connectivity index (χ3n) is 2.16. The van der Waals surface area contributed by atoms with Crippen molar-refractivity contribution < 1.29 is 9.18 Å². The summed E-state index contributed by atoms with van der Waals surface area (Å²) in [5.74, 6) is -0.146. The lowest BCUT2D eigenvalue weighted by Gasteiger charge is -2.12. The molecule has 0 saturated carbocycles. The number of anilines is 1. The molecule has 0 radical (unpaired) electrons. The van der Waals surface area contributed by atoms with Crippen LogP contribution in [0.15, 0.2) is 18.2 Å². The molecule has 1 aromatic rings. The van der Waals surface area contributed by atoms with Crippen molar-refractivity contribution in [3.8, 4) is 0 Å². The first kappa shape index (κ1) is 14.3. The Morgan fingerprint density at radius 3 is 3.00 bits per heavy atom. The third-order valence-corrected chi connectivity index (χ3v) is 3.04. The van der Waals surface area contributed by atoms with Gasteiger partial charge in [-0.3, -0.25) is 4.79 Å². The van der Waals surface area contributed by atoms with E-state index in [1.165, 1.54) is 18.2 Å². The number of nitrogens with two attached hydrogens (primary N) is 1. The largest absolute Gasteiger partial charge is 0.322 e. The summed E-state index contributed by atoms with van der Waals surface area (Å²) in [6.07, 6.45) is 2.48. The summed E-state index contributed by atoms with van der Waals surface area (Å²) in [4.78, 5) is 11.6. The minimum Gasteiger partial charge on any atom is -0.322 e. The third kappa shape index (κ3) is 4.53. The van der Waals surface area contributed by atoms with Crippen LogP contribution in [-0.4, -0.2) is 24.0 Å². The lowest BCUT2D eigenvalue weighted by atomic mass is 10.2. The van der Waals surface area contributed by atoms with Gasteiger partial charge in [0, 0.05) is 5.02 Å². The number of carbonyl (C=O) groups excluding carboxylic acids is 1. The first-order valence-electron chi connectivity index (χ1n) is 5.05. The van der Waals surface area contributed by atoms with Gasteiger partial charge in [-0.1, -0.05) is 11.6 Å². The highest BCUT2D eigenvalue weighted by Gasteiger charge is 2.14. The van der Waals surface area contributed by atoms with E-state index in [4.69, 9.17) is 17.3 Å². The predicted octanol–water partition coefficient (Wildman–Crippen LogP) is 2.50. The second kappa shape index (κ2) is 6.83. The summed E-state index contributed by atoms with van der Waals surface area (Å²) in [6.45, 7) is 0. The molecule has 3 nitrogen and oxygen atoms in total. The molecule has 6 heteroatoms. The van der Waals surface area contributed by atoms with Gasteiger partial charge < -0.3 is 11.1 Å². The van der Waals surface area contributed by atoms with Crippen LogP contribution < -0.4 is 11.1 Å². The predicted molar refractivity (Wildman–Crippen MR) is 71.0 cm³/mol. The zero-order valence-electron chi connectivity index (χ0n) is 9.37. The molecule has 94 valence electrons. The Morgan fingerprint density at radius 1 is 1.65 bits per heavy atom. The van der Waals surface area contributed by atoms with E-state index in [1.54, 1.807) is 11.8 Å². The molecule has 0 unspecified atom stereocenters. The minimum absolute atomic E-state index is 0.0575. The first-order valence-corrected chi connectivity index (χ1v) is 6.82. The molecule has 0 aliphatic carbocycles.